The lowest BCUT2D eigenvalue weighted by Gasteiger charge is -2.22. The highest BCUT2D eigenvalue weighted by atomic mass is 16.5. The second-order valence-electron chi connectivity index (χ2n) is 6.05. The van der Waals surface area contributed by atoms with Gasteiger partial charge in [0.1, 0.15) is 5.75 Å². The molecule has 5 nitrogen and oxygen atoms in total. The van der Waals surface area contributed by atoms with Crippen molar-refractivity contribution in [3.63, 3.8) is 0 Å². The Morgan fingerprint density at radius 2 is 2.08 bits per heavy atom. The molecule has 1 aromatic heterocycles. The Labute approximate surface area is 140 Å². The Balaban J connectivity index is 1.57. The van der Waals surface area contributed by atoms with E-state index >= 15 is 0 Å². The van der Waals surface area contributed by atoms with Gasteiger partial charge < -0.3 is 14.2 Å². The van der Waals surface area contributed by atoms with Gasteiger partial charge in [-0.15, -0.1) is 0 Å². The number of aromatic nitrogens is 2. The van der Waals surface area contributed by atoms with Crippen molar-refractivity contribution < 1.29 is 9.26 Å². The zero-order valence-electron chi connectivity index (χ0n) is 13.8. The van der Waals surface area contributed by atoms with Gasteiger partial charge in [0.2, 0.25) is 11.7 Å². The maximum absolute atomic E-state index is 5.47. The number of benzene rings is 2. The molecule has 0 radical (unpaired) electrons. The summed E-state index contributed by atoms with van der Waals surface area (Å²) in [7, 11) is 1.65. The number of hydrogen-bond acceptors (Lipinski definition) is 5. The van der Waals surface area contributed by atoms with Gasteiger partial charge in [0.15, 0.2) is 0 Å². The van der Waals surface area contributed by atoms with Gasteiger partial charge >= 0.3 is 0 Å². The zero-order valence-corrected chi connectivity index (χ0v) is 13.8. The molecule has 1 aliphatic heterocycles. The van der Waals surface area contributed by atoms with E-state index in [2.05, 4.69) is 46.2 Å². The van der Waals surface area contributed by atoms with Crippen LogP contribution in [0.3, 0.4) is 0 Å². The minimum Gasteiger partial charge on any atom is -0.497 e. The second-order valence-corrected chi connectivity index (χ2v) is 6.05. The Bertz CT molecular complexity index is 859. The third-order valence-electron chi connectivity index (χ3n) is 4.45. The molecule has 0 amide bonds. The van der Waals surface area contributed by atoms with E-state index in [1.165, 1.54) is 11.3 Å². The fourth-order valence-electron chi connectivity index (χ4n) is 3.21. The summed E-state index contributed by atoms with van der Waals surface area (Å²) >= 11 is 0. The van der Waals surface area contributed by atoms with Gasteiger partial charge in [0, 0.05) is 17.3 Å². The van der Waals surface area contributed by atoms with Gasteiger partial charge in [-0.1, -0.05) is 35.5 Å². The van der Waals surface area contributed by atoms with Crippen LogP contribution in [-0.2, 0) is 13.0 Å². The maximum atomic E-state index is 5.47. The van der Waals surface area contributed by atoms with Crippen molar-refractivity contribution in [1.29, 1.82) is 0 Å². The predicted octanol–water partition coefficient (Wildman–Crippen LogP) is 3.70. The fraction of sp³-hybridized carbons (Fsp3) is 0.263. The lowest BCUT2D eigenvalue weighted by atomic mass is 10.1. The first-order valence-electron chi connectivity index (χ1n) is 8.06. The molecule has 0 spiro atoms. The van der Waals surface area contributed by atoms with Gasteiger partial charge in [-0.2, -0.15) is 4.98 Å². The summed E-state index contributed by atoms with van der Waals surface area (Å²) in [6, 6.07) is 16.6. The number of nitrogens with zero attached hydrogens (tertiary/aromatic N) is 3. The molecule has 0 saturated heterocycles. The quantitative estimate of drug-likeness (QED) is 0.733. The van der Waals surface area contributed by atoms with Crippen molar-refractivity contribution in [2.75, 3.05) is 12.0 Å². The second kappa shape index (κ2) is 6.00. The first kappa shape index (κ1) is 14.8. The molecule has 2 aromatic carbocycles. The van der Waals surface area contributed by atoms with E-state index < -0.39 is 0 Å². The molecule has 24 heavy (non-hydrogen) atoms. The van der Waals surface area contributed by atoms with Crippen molar-refractivity contribution in [2.45, 2.75) is 25.9 Å². The summed E-state index contributed by atoms with van der Waals surface area (Å²) in [6.45, 7) is 2.84. The monoisotopic (exact) mass is 321 g/mol. The van der Waals surface area contributed by atoms with E-state index in [4.69, 9.17) is 9.26 Å². The highest BCUT2D eigenvalue weighted by Crippen LogP contribution is 2.33. The molecule has 4 rings (SSSR count). The van der Waals surface area contributed by atoms with Crippen LogP contribution >= 0.6 is 0 Å². The SMILES string of the molecule is COc1cccc(-c2noc(CN3c4ccccc4C[C@H]3C)n2)c1. The molecule has 5 heteroatoms. The number of rotatable bonds is 4. The maximum Gasteiger partial charge on any atom is 0.246 e. The molecule has 0 fully saturated rings. The van der Waals surface area contributed by atoms with Crippen molar-refractivity contribution in [1.82, 2.24) is 10.1 Å². The van der Waals surface area contributed by atoms with E-state index in [1.54, 1.807) is 7.11 Å². The van der Waals surface area contributed by atoms with Crippen LogP contribution in [0.4, 0.5) is 5.69 Å². The molecule has 1 aliphatic rings. The number of hydrogen-bond donors (Lipinski definition) is 0. The summed E-state index contributed by atoms with van der Waals surface area (Å²) in [5.74, 6) is 1.99. The van der Waals surface area contributed by atoms with Crippen LogP contribution in [0.2, 0.25) is 0 Å². The van der Waals surface area contributed by atoms with Crippen molar-refractivity contribution in [3.8, 4) is 17.1 Å². The van der Waals surface area contributed by atoms with Crippen LogP contribution in [-0.4, -0.2) is 23.3 Å². The molecule has 2 heterocycles. The van der Waals surface area contributed by atoms with Gasteiger partial charge in [-0.3, -0.25) is 0 Å². The molecule has 0 aliphatic carbocycles. The summed E-state index contributed by atoms with van der Waals surface area (Å²) in [5.41, 5.74) is 3.52. The Morgan fingerprint density at radius 3 is 2.96 bits per heavy atom. The topological polar surface area (TPSA) is 51.4 Å². The van der Waals surface area contributed by atoms with E-state index in [9.17, 15) is 0 Å². The largest absolute Gasteiger partial charge is 0.497 e. The highest BCUT2D eigenvalue weighted by molar-refractivity contribution is 5.59. The summed E-state index contributed by atoms with van der Waals surface area (Å²) in [6.07, 6.45) is 1.05. The Kier molecular flexibility index (Phi) is 3.69. The molecule has 0 N–H and O–H groups in total. The Hall–Kier alpha value is -2.82. The predicted molar refractivity (Wildman–Crippen MR) is 92.1 cm³/mol. The van der Waals surface area contributed by atoms with Gasteiger partial charge in [-0.25, -0.2) is 0 Å². The van der Waals surface area contributed by atoms with Crippen LogP contribution in [0.25, 0.3) is 11.4 Å². The van der Waals surface area contributed by atoms with E-state index in [0.29, 0.717) is 24.3 Å². The third kappa shape index (κ3) is 2.62. The average Bonchev–Trinajstić information content (AvgIpc) is 3.20. The normalized spacial score (nSPS) is 16.2. The van der Waals surface area contributed by atoms with Crippen molar-refractivity contribution >= 4 is 5.69 Å². The van der Waals surface area contributed by atoms with Crippen LogP contribution in [0, 0.1) is 0 Å². The van der Waals surface area contributed by atoms with Crippen molar-refractivity contribution in [2.24, 2.45) is 0 Å². The summed E-state index contributed by atoms with van der Waals surface area (Å²) < 4.78 is 10.7. The summed E-state index contributed by atoms with van der Waals surface area (Å²) in [4.78, 5) is 6.87. The molecule has 0 unspecified atom stereocenters. The lowest BCUT2D eigenvalue weighted by Crippen LogP contribution is -2.28. The number of ether oxygens (including phenoxy) is 1. The number of fused-ring (bicyclic) bond motifs is 1. The van der Waals surface area contributed by atoms with E-state index in [1.807, 2.05) is 24.3 Å². The third-order valence-corrected chi connectivity index (χ3v) is 4.45. The number of para-hydroxylation sites is 1. The van der Waals surface area contributed by atoms with Gasteiger partial charge in [0.25, 0.3) is 0 Å². The minimum atomic E-state index is 0.426. The average molecular weight is 321 g/mol. The molecular weight excluding hydrogens is 302 g/mol. The lowest BCUT2D eigenvalue weighted by molar-refractivity contribution is 0.374. The highest BCUT2D eigenvalue weighted by Gasteiger charge is 2.27. The first-order chi connectivity index (χ1) is 11.7. The molecule has 0 saturated carbocycles. The molecule has 0 bridgehead atoms. The fourth-order valence-corrected chi connectivity index (χ4v) is 3.21. The smallest absolute Gasteiger partial charge is 0.246 e. The van der Waals surface area contributed by atoms with Crippen molar-refractivity contribution in [3.05, 3.63) is 60.0 Å². The molecule has 1 atom stereocenters. The van der Waals surface area contributed by atoms with Crippen LogP contribution in [0.15, 0.2) is 53.1 Å². The van der Waals surface area contributed by atoms with E-state index in [0.717, 1.165) is 17.7 Å². The van der Waals surface area contributed by atoms with Gasteiger partial charge in [0.05, 0.1) is 13.7 Å². The molecule has 3 aromatic rings. The number of anilines is 1. The van der Waals surface area contributed by atoms with Crippen LogP contribution < -0.4 is 9.64 Å². The Morgan fingerprint density at radius 1 is 1.21 bits per heavy atom. The molecule has 122 valence electrons. The van der Waals surface area contributed by atoms with Crippen LogP contribution in [0.1, 0.15) is 18.4 Å². The molecular formula is C19H19N3O2. The van der Waals surface area contributed by atoms with Gasteiger partial charge in [-0.05, 0) is 37.1 Å². The van der Waals surface area contributed by atoms with E-state index in [-0.39, 0.29) is 0 Å². The number of methoxy groups -OCH3 is 1. The summed E-state index contributed by atoms with van der Waals surface area (Å²) in [5, 5.41) is 4.12. The first-order valence-corrected chi connectivity index (χ1v) is 8.06. The minimum absolute atomic E-state index is 0.426. The zero-order chi connectivity index (χ0) is 16.5. The standard InChI is InChI=1S/C19H19N3O2/c1-13-10-14-6-3-4-9-17(14)22(13)12-18-20-19(21-24-18)15-7-5-8-16(11-15)23-2/h3-9,11,13H,10,12H2,1-2H3/t13-/m1/s1. The van der Waals surface area contributed by atoms with Crippen LogP contribution in [0.5, 0.6) is 5.75 Å².